The van der Waals surface area contributed by atoms with Crippen LogP contribution in [-0.2, 0) is 22.9 Å². The first-order valence-electron chi connectivity index (χ1n) is 7.36. The molecule has 0 saturated carbocycles. The molecule has 1 aliphatic heterocycles. The molecule has 1 heterocycles. The molecule has 1 aromatic rings. The molecule has 1 fully saturated rings. The zero-order chi connectivity index (χ0) is 14.3. The molecule has 1 saturated heterocycles. The van der Waals surface area contributed by atoms with Crippen LogP contribution < -0.4 is 5.73 Å². The lowest BCUT2D eigenvalue weighted by Crippen LogP contribution is -2.48. The van der Waals surface area contributed by atoms with Gasteiger partial charge in [-0.2, -0.15) is 4.31 Å². The van der Waals surface area contributed by atoms with Crippen LogP contribution >= 0.6 is 0 Å². The summed E-state index contributed by atoms with van der Waals surface area (Å²) < 4.78 is 27.0. The predicted molar refractivity (Wildman–Crippen MR) is 79.0 cm³/mol. The van der Waals surface area contributed by atoms with Gasteiger partial charge in [0, 0.05) is 19.1 Å². The Morgan fingerprint density at radius 1 is 1.25 bits per heavy atom. The van der Waals surface area contributed by atoms with Gasteiger partial charge in [-0.25, -0.2) is 8.42 Å². The highest BCUT2D eigenvalue weighted by molar-refractivity contribution is 7.89. The second kappa shape index (κ2) is 5.13. The molecule has 4 nitrogen and oxygen atoms in total. The average molecular weight is 294 g/mol. The Hall–Kier alpha value is -0.910. The minimum atomic E-state index is -3.36. The Balaban J connectivity index is 1.88. The zero-order valence-corrected chi connectivity index (χ0v) is 12.7. The summed E-state index contributed by atoms with van der Waals surface area (Å²) in [5.74, 6) is 0.216. The van der Waals surface area contributed by atoms with Gasteiger partial charge in [0.15, 0.2) is 0 Å². The van der Waals surface area contributed by atoms with E-state index in [9.17, 15) is 8.42 Å². The maximum absolute atomic E-state index is 12.7. The van der Waals surface area contributed by atoms with E-state index < -0.39 is 10.0 Å². The van der Waals surface area contributed by atoms with E-state index in [1.807, 2.05) is 19.1 Å². The van der Waals surface area contributed by atoms with E-state index in [1.54, 1.807) is 10.4 Å². The Morgan fingerprint density at radius 3 is 2.75 bits per heavy atom. The summed E-state index contributed by atoms with van der Waals surface area (Å²) in [5, 5.41) is 0. The van der Waals surface area contributed by atoms with Gasteiger partial charge < -0.3 is 5.73 Å². The highest BCUT2D eigenvalue weighted by Gasteiger charge is 2.32. The number of rotatable bonds is 2. The fourth-order valence-electron chi connectivity index (χ4n) is 3.20. The van der Waals surface area contributed by atoms with Gasteiger partial charge in [-0.05, 0) is 54.9 Å². The minimum absolute atomic E-state index is 0.112. The van der Waals surface area contributed by atoms with Gasteiger partial charge in [0.2, 0.25) is 10.0 Å². The summed E-state index contributed by atoms with van der Waals surface area (Å²) in [5.41, 5.74) is 8.48. The Bertz CT molecular complexity index is 612. The topological polar surface area (TPSA) is 63.4 Å². The maximum Gasteiger partial charge on any atom is 0.243 e. The molecule has 0 radical (unpaired) electrons. The smallest absolute Gasteiger partial charge is 0.243 e. The molecular weight excluding hydrogens is 272 g/mol. The van der Waals surface area contributed by atoms with Crippen molar-refractivity contribution in [2.75, 3.05) is 13.1 Å². The van der Waals surface area contributed by atoms with E-state index in [0.29, 0.717) is 18.0 Å². The SMILES string of the molecule is CC1CN(S(=O)(=O)c2ccc3c(c2)CCC3)CCC1N. The van der Waals surface area contributed by atoms with E-state index in [4.69, 9.17) is 5.73 Å². The van der Waals surface area contributed by atoms with Crippen LogP contribution in [0.4, 0.5) is 0 Å². The molecule has 1 aromatic carbocycles. The van der Waals surface area contributed by atoms with Crippen LogP contribution in [0.3, 0.4) is 0 Å². The highest BCUT2D eigenvalue weighted by atomic mass is 32.2. The number of nitrogens with zero attached hydrogens (tertiary/aromatic N) is 1. The first kappa shape index (κ1) is 14.0. The lowest BCUT2D eigenvalue weighted by atomic mass is 9.96. The number of sulfonamides is 1. The zero-order valence-electron chi connectivity index (χ0n) is 11.9. The van der Waals surface area contributed by atoms with Crippen molar-refractivity contribution >= 4 is 10.0 Å². The molecule has 0 bridgehead atoms. The summed E-state index contributed by atoms with van der Waals surface area (Å²) >= 11 is 0. The summed E-state index contributed by atoms with van der Waals surface area (Å²) in [6, 6.07) is 5.73. The van der Waals surface area contributed by atoms with Crippen molar-refractivity contribution < 1.29 is 8.42 Å². The molecule has 20 heavy (non-hydrogen) atoms. The lowest BCUT2D eigenvalue weighted by Gasteiger charge is -2.34. The number of hydrogen-bond donors (Lipinski definition) is 1. The standard InChI is InChI=1S/C15H22N2O2S/c1-11-10-17(8-7-15(11)16)20(18,19)14-6-5-12-3-2-4-13(12)9-14/h5-6,9,11,15H,2-4,7-8,10,16H2,1H3. The maximum atomic E-state index is 12.7. The molecule has 3 rings (SSSR count). The Kier molecular flexibility index (Phi) is 3.60. The summed E-state index contributed by atoms with van der Waals surface area (Å²) in [6.45, 7) is 3.08. The van der Waals surface area contributed by atoms with Crippen LogP contribution in [0.25, 0.3) is 0 Å². The van der Waals surface area contributed by atoms with Crippen molar-refractivity contribution in [3.05, 3.63) is 29.3 Å². The number of piperidine rings is 1. The summed E-state index contributed by atoms with van der Waals surface area (Å²) in [4.78, 5) is 0.445. The number of aryl methyl sites for hydroxylation is 2. The number of benzene rings is 1. The van der Waals surface area contributed by atoms with Gasteiger partial charge >= 0.3 is 0 Å². The third-order valence-corrected chi connectivity index (χ3v) is 6.50. The van der Waals surface area contributed by atoms with Gasteiger partial charge in [0.05, 0.1) is 4.90 Å². The molecular formula is C15H22N2O2S. The Morgan fingerprint density at radius 2 is 2.00 bits per heavy atom. The summed E-state index contributed by atoms with van der Waals surface area (Å²) in [7, 11) is -3.36. The third-order valence-electron chi connectivity index (χ3n) is 4.64. The number of hydrogen-bond acceptors (Lipinski definition) is 3. The van der Waals surface area contributed by atoms with Crippen LogP contribution in [0.15, 0.2) is 23.1 Å². The number of nitrogens with two attached hydrogens (primary N) is 1. The van der Waals surface area contributed by atoms with E-state index in [0.717, 1.165) is 25.7 Å². The van der Waals surface area contributed by atoms with E-state index in [-0.39, 0.29) is 12.0 Å². The predicted octanol–water partition coefficient (Wildman–Crippen LogP) is 1.53. The molecule has 5 heteroatoms. The van der Waals surface area contributed by atoms with Crippen molar-refractivity contribution in [1.29, 1.82) is 0 Å². The van der Waals surface area contributed by atoms with Crippen molar-refractivity contribution in [3.63, 3.8) is 0 Å². The Labute approximate surface area is 121 Å². The molecule has 110 valence electrons. The second-order valence-electron chi connectivity index (χ2n) is 6.08. The van der Waals surface area contributed by atoms with Crippen molar-refractivity contribution in [3.8, 4) is 0 Å². The van der Waals surface area contributed by atoms with Crippen molar-refractivity contribution in [1.82, 2.24) is 4.31 Å². The fourth-order valence-corrected chi connectivity index (χ4v) is 4.81. The molecule has 1 aliphatic carbocycles. The van der Waals surface area contributed by atoms with Gasteiger partial charge in [-0.1, -0.05) is 13.0 Å². The van der Waals surface area contributed by atoms with E-state index in [1.165, 1.54) is 11.1 Å². The minimum Gasteiger partial charge on any atom is -0.327 e. The fraction of sp³-hybridized carbons (Fsp3) is 0.600. The van der Waals surface area contributed by atoms with Crippen molar-refractivity contribution in [2.24, 2.45) is 11.7 Å². The highest BCUT2D eigenvalue weighted by Crippen LogP contribution is 2.28. The third kappa shape index (κ3) is 2.38. The summed E-state index contributed by atoms with van der Waals surface area (Å²) in [6.07, 6.45) is 3.95. The van der Waals surface area contributed by atoms with Crippen LogP contribution in [0.1, 0.15) is 30.9 Å². The largest absolute Gasteiger partial charge is 0.327 e. The van der Waals surface area contributed by atoms with Crippen LogP contribution in [-0.4, -0.2) is 31.9 Å². The van der Waals surface area contributed by atoms with E-state index in [2.05, 4.69) is 0 Å². The molecule has 2 N–H and O–H groups in total. The molecule has 2 aliphatic rings. The average Bonchev–Trinajstić information content (AvgIpc) is 2.89. The molecule has 0 aromatic heterocycles. The van der Waals surface area contributed by atoms with Crippen LogP contribution in [0, 0.1) is 5.92 Å². The molecule has 0 amide bonds. The molecule has 0 spiro atoms. The van der Waals surface area contributed by atoms with Gasteiger partial charge in [-0.15, -0.1) is 0 Å². The van der Waals surface area contributed by atoms with Crippen LogP contribution in [0.2, 0.25) is 0 Å². The van der Waals surface area contributed by atoms with Gasteiger partial charge in [-0.3, -0.25) is 0 Å². The van der Waals surface area contributed by atoms with Crippen LogP contribution in [0.5, 0.6) is 0 Å². The monoisotopic (exact) mass is 294 g/mol. The van der Waals surface area contributed by atoms with Gasteiger partial charge in [0.25, 0.3) is 0 Å². The molecule has 2 atom stereocenters. The van der Waals surface area contributed by atoms with E-state index >= 15 is 0 Å². The normalized spacial score (nSPS) is 27.5. The first-order chi connectivity index (χ1) is 9.48. The number of fused-ring (bicyclic) bond motifs is 1. The second-order valence-corrected chi connectivity index (χ2v) is 8.01. The molecule has 2 unspecified atom stereocenters. The van der Waals surface area contributed by atoms with Crippen molar-refractivity contribution in [2.45, 2.75) is 43.5 Å². The lowest BCUT2D eigenvalue weighted by molar-refractivity contribution is 0.250. The van der Waals surface area contributed by atoms with Gasteiger partial charge in [0.1, 0.15) is 0 Å². The quantitative estimate of drug-likeness (QED) is 0.900. The first-order valence-corrected chi connectivity index (χ1v) is 8.80.